The molecular weight excluding hydrogens is 407 g/mol. The fraction of sp³-hybridized carbons (Fsp3) is 0.118. The van der Waals surface area contributed by atoms with Crippen molar-refractivity contribution < 1.29 is 22.0 Å². The molecule has 0 saturated carbocycles. The number of benzene rings is 2. The van der Waals surface area contributed by atoms with Crippen LogP contribution in [-0.4, -0.2) is 29.8 Å². The van der Waals surface area contributed by atoms with Crippen molar-refractivity contribution in [2.75, 3.05) is 5.32 Å². The fourth-order valence-corrected chi connectivity index (χ4v) is 3.34. The molecule has 1 unspecified atom stereocenters. The molecule has 0 aliphatic rings. The summed E-state index contributed by atoms with van der Waals surface area (Å²) in [6.07, 6.45) is 0. The molecule has 3 rings (SSSR count). The lowest BCUT2D eigenvalue weighted by atomic mass is 10.2. The number of halogens is 1. The number of aromatic nitrogens is 2. The highest BCUT2D eigenvalue weighted by atomic mass is 32.2. The largest absolute Gasteiger partial charge is 0.411 e. The Morgan fingerprint density at radius 1 is 1.14 bits per heavy atom. The van der Waals surface area contributed by atoms with E-state index in [4.69, 9.17) is 9.56 Å². The molecule has 2 aromatic carbocycles. The van der Waals surface area contributed by atoms with Gasteiger partial charge in [0.2, 0.25) is 21.8 Å². The van der Waals surface area contributed by atoms with Crippen molar-refractivity contribution in [2.45, 2.75) is 22.3 Å². The fourth-order valence-electron chi connectivity index (χ4n) is 2.14. The maximum atomic E-state index is 13.0. The minimum atomic E-state index is -3.79. The molecule has 0 saturated heterocycles. The molecule has 0 bridgehead atoms. The third kappa shape index (κ3) is 4.94. The molecule has 3 N–H and O–H groups in total. The molecule has 1 atom stereocenters. The summed E-state index contributed by atoms with van der Waals surface area (Å²) in [5.41, 5.74) is 0.982. The van der Waals surface area contributed by atoms with Gasteiger partial charge in [0.1, 0.15) is 5.82 Å². The van der Waals surface area contributed by atoms with Crippen LogP contribution in [0.25, 0.3) is 11.5 Å². The van der Waals surface area contributed by atoms with Crippen molar-refractivity contribution in [3.05, 3.63) is 54.3 Å². The molecule has 0 radical (unpaired) electrons. The molecule has 11 heteroatoms. The van der Waals surface area contributed by atoms with Crippen LogP contribution in [0.3, 0.4) is 0 Å². The van der Waals surface area contributed by atoms with Gasteiger partial charge in [-0.3, -0.25) is 4.79 Å². The van der Waals surface area contributed by atoms with Crippen LogP contribution < -0.4 is 10.5 Å². The van der Waals surface area contributed by atoms with Gasteiger partial charge in [0.15, 0.2) is 0 Å². The van der Waals surface area contributed by atoms with Crippen molar-refractivity contribution in [3.8, 4) is 11.5 Å². The molecule has 3 aromatic rings. The Labute approximate surface area is 164 Å². The molecule has 1 aromatic heterocycles. The topological polar surface area (TPSA) is 128 Å². The van der Waals surface area contributed by atoms with Crippen molar-refractivity contribution in [1.29, 1.82) is 0 Å². The molecule has 1 amide bonds. The van der Waals surface area contributed by atoms with Gasteiger partial charge < -0.3 is 9.73 Å². The summed E-state index contributed by atoms with van der Waals surface area (Å²) in [7, 11) is -3.79. The second kappa shape index (κ2) is 8.09. The molecule has 1 heterocycles. The van der Waals surface area contributed by atoms with Gasteiger partial charge in [-0.2, -0.15) is 0 Å². The third-order valence-electron chi connectivity index (χ3n) is 3.59. The Bertz CT molecular complexity index is 1080. The highest BCUT2D eigenvalue weighted by Crippen LogP contribution is 2.27. The molecule has 0 aliphatic heterocycles. The van der Waals surface area contributed by atoms with E-state index in [-0.39, 0.29) is 27.7 Å². The van der Waals surface area contributed by atoms with Gasteiger partial charge in [-0.1, -0.05) is 11.8 Å². The Morgan fingerprint density at radius 3 is 2.39 bits per heavy atom. The summed E-state index contributed by atoms with van der Waals surface area (Å²) < 4.78 is 41.0. The highest BCUT2D eigenvalue weighted by Gasteiger charge is 2.19. The Morgan fingerprint density at radius 2 is 1.79 bits per heavy atom. The van der Waals surface area contributed by atoms with Crippen LogP contribution in [0.2, 0.25) is 0 Å². The number of rotatable bonds is 6. The number of anilines is 1. The Balaban J connectivity index is 1.62. The minimum Gasteiger partial charge on any atom is -0.411 e. The number of carbonyl (C=O) groups is 1. The number of hydrogen-bond donors (Lipinski definition) is 2. The lowest BCUT2D eigenvalue weighted by molar-refractivity contribution is -0.115. The zero-order valence-corrected chi connectivity index (χ0v) is 16.1. The number of primary sulfonamides is 1. The number of amides is 1. The number of carbonyl (C=O) groups excluding carboxylic acids is 1. The monoisotopic (exact) mass is 422 g/mol. The number of sulfonamides is 1. The zero-order chi connectivity index (χ0) is 20.3. The number of thioether (sulfide) groups is 1. The van der Waals surface area contributed by atoms with Crippen LogP contribution >= 0.6 is 11.8 Å². The van der Waals surface area contributed by atoms with E-state index in [0.717, 1.165) is 11.8 Å². The molecule has 0 aliphatic carbocycles. The van der Waals surface area contributed by atoms with Crippen molar-refractivity contribution in [2.24, 2.45) is 5.14 Å². The number of nitrogens with one attached hydrogen (secondary N) is 1. The first-order valence-electron chi connectivity index (χ1n) is 7.92. The summed E-state index contributed by atoms with van der Waals surface area (Å²) in [5.74, 6) is -0.496. The molecular formula is C17H15FN4O4S2. The standard InChI is InChI=1S/C17H15FN4O4S2/c1-10(15(23)20-13-6-8-14(9-7-13)28(19,24)25)27-17-22-21-16(26-17)11-2-4-12(18)5-3-11/h2-10H,1H3,(H,20,23)(H2,19,24,25). The van der Waals surface area contributed by atoms with Crippen LogP contribution in [0.4, 0.5) is 10.1 Å². The predicted molar refractivity (Wildman–Crippen MR) is 101 cm³/mol. The maximum absolute atomic E-state index is 13.0. The summed E-state index contributed by atoms with van der Waals surface area (Å²) in [6, 6.07) is 11.1. The van der Waals surface area contributed by atoms with Crippen LogP contribution in [0.5, 0.6) is 0 Å². The smallest absolute Gasteiger partial charge is 0.277 e. The first-order chi connectivity index (χ1) is 13.2. The van der Waals surface area contributed by atoms with E-state index in [2.05, 4.69) is 15.5 Å². The predicted octanol–water partition coefficient (Wildman–Crippen LogP) is 2.64. The normalized spacial score (nSPS) is 12.5. The van der Waals surface area contributed by atoms with Crippen LogP contribution in [-0.2, 0) is 14.8 Å². The van der Waals surface area contributed by atoms with Gasteiger partial charge in [-0.15, -0.1) is 10.2 Å². The second-order valence-corrected chi connectivity index (χ2v) is 8.55. The van der Waals surface area contributed by atoms with Gasteiger partial charge >= 0.3 is 0 Å². The average molecular weight is 422 g/mol. The Hall–Kier alpha value is -2.76. The lowest BCUT2D eigenvalue weighted by Crippen LogP contribution is -2.22. The minimum absolute atomic E-state index is 0.0490. The molecule has 0 fully saturated rings. The van der Waals surface area contributed by atoms with E-state index >= 15 is 0 Å². The quantitative estimate of drug-likeness (QED) is 0.584. The van der Waals surface area contributed by atoms with E-state index in [9.17, 15) is 17.6 Å². The third-order valence-corrected chi connectivity index (χ3v) is 5.46. The van der Waals surface area contributed by atoms with Crippen LogP contribution in [0.15, 0.2) is 63.1 Å². The second-order valence-electron chi connectivity index (χ2n) is 5.70. The number of nitrogens with two attached hydrogens (primary N) is 1. The van der Waals surface area contributed by atoms with E-state index in [1.807, 2.05) is 0 Å². The molecule has 146 valence electrons. The van der Waals surface area contributed by atoms with Crippen molar-refractivity contribution in [3.63, 3.8) is 0 Å². The first-order valence-corrected chi connectivity index (χ1v) is 10.3. The van der Waals surface area contributed by atoms with E-state index in [1.54, 1.807) is 6.92 Å². The van der Waals surface area contributed by atoms with Gasteiger partial charge in [-0.05, 0) is 55.5 Å². The molecule has 0 spiro atoms. The summed E-state index contributed by atoms with van der Waals surface area (Å²) in [6.45, 7) is 1.65. The van der Waals surface area contributed by atoms with Gasteiger partial charge in [0, 0.05) is 11.3 Å². The van der Waals surface area contributed by atoms with Crippen LogP contribution in [0.1, 0.15) is 6.92 Å². The van der Waals surface area contributed by atoms with Gasteiger partial charge in [0.25, 0.3) is 5.22 Å². The first kappa shape index (κ1) is 20.0. The Kier molecular flexibility index (Phi) is 5.77. The van der Waals surface area contributed by atoms with Gasteiger partial charge in [0.05, 0.1) is 10.1 Å². The summed E-state index contributed by atoms with van der Waals surface area (Å²) in [4.78, 5) is 12.3. The van der Waals surface area contributed by atoms with Gasteiger partial charge in [-0.25, -0.2) is 17.9 Å². The maximum Gasteiger partial charge on any atom is 0.277 e. The lowest BCUT2D eigenvalue weighted by Gasteiger charge is -2.10. The zero-order valence-electron chi connectivity index (χ0n) is 14.5. The van der Waals surface area contributed by atoms with Crippen molar-refractivity contribution >= 4 is 33.4 Å². The van der Waals surface area contributed by atoms with E-state index in [1.165, 1.54) is 48.5 Å². The highest BCUT2D eigenvalue weighted by molar-refractivity contribution is 8.00. The van der Waals surface area contributed by atoms with Crippen molar-refractivity contribution in [1.82, 2.24) is 10.2 Å². The van der Waals surface area contributed by atoms with E-state index in [0.29, 0.717) is 11.3 Å². The number of nitrogens with zero attached hydrogens (tertiary/aromatic N) is 2. The average Bonchev–Trinajstić information content (AvgIpc) is 3.10. The molecule has 8 nitrogen and oxygen atoms in total. The van der Waals surface area contributed by atoms with Crippen LogP contribution in [0, 0.1) is 5.82 Å². The van der Waals surface area contributed by atoms with E-state index < -0.39 is 15.3 Å². The number of hydrogen-bond acceptors (Lipinski definition) is 7. The SMILES string of the molecule is CC(Sc1nnc(-c2ccc(F)cc2)o1)C(=O)Nc1ccc(S(N)(=O)=O)cc1. The summed E-state index contributed by atoms with van der Waals surface area (Å²) in [5, 5.41) is 15.1. The molecule has 28 heavy (non-hydrogen) atoms. The summed E-state index contributed by atoms with van der Waals surface area (Å²) >= 11 is 1.05.